The molecule has 0 N–H and O–H groups in total. The summed E-state index contributed by atoms with van der Waals surface area (Å²) in [6.45, 7) is 3.54. The van der Waals surface area contributed by atoms with Gasteiger partial charge in [-0.15, -0.1) is 0 Å². The molecule has 2 aromatic rings. The van der Waals surface area contributed by atoms with Crippen molar-refractivity contribution in [2.75, 3.05) is 39.8 Å². The summed E-state index contributed by atoms with van der Waals surface area (Å²) in [6, 6.07) is 7.94. The number of aromatic nitrogens is 1. The van der Waals surface area contributed by atoms with Crippen molar-refractivity contribution in [3.05, 3.63) is 30.5 Å². The summed E-state index contributed by atoms with van der Waals surface area (Å²) in [4.78, 5) is 16.3. The van der Waals surface area contributed by atoms with Gasteiger partial charge in [0.25, 0.3) is 5.91 Å². The van der Waals surface area contributed by atoms with Gasteiger partial charge in [-0.1, -0.05) is 6.07 Å². The molecule has 112 valence electrons. The first kappa shape index (κ1) is 13.9. The molecule has 1 fully saturated rings. The SMILES string of the molecule is CN1CCN(C(=O)COc2cccc3c2ccn3C)CC1. The fourth-order valence-electron chi connectivity index (χ4n) is 2.69. The van der Waals surface area contributed by atoms with Crippen molar-refractivity contribution in [2.24, 2.45) is 7.05 Å². The zero-order valence-corrected chi connectivity index (χ0v) is 12.6. The molecule has 0 radical (unpaired) electrons. The van der Waals surface area contributed by atoms with E-state index in [1.807, 2.05) is 47.0 Å². The fraction of sp³-hybridized carbons (Fsp3) is 0.438. The highest BCUT2D eigenvalue weighted by molar-refractivity contribution is 5.87. The molecule has 0 unspecified atom stereocenters. The van der Waals surface area contributed by atoms with Gasteiger partial charge in [-0.25, -0.2) is 0 Å². The lowest BCUT2D eigenvalue weighted by molar-refractivity contribution is -0.134. The lowest BCUT2D eigenvalue weighted by atomic mass is 10.2. The van der Waals surface area contributed by atoms with Gasteiger partial charge in [-0.3, -0.25) is 4.79 Å². The van der Waals surface area contributed by atoms with E-state index in [0.717, 1.165) is 42.8 Å². The second kappa shape index (κ2) is 5.77. The monoisotopic (exact) mass is 287 g/mol. The first-order chi connectivity index (χ1) is 10.1. The average molecular weight is 287 g/mol. The summed E-state index contributed by atoms with van der Waals surface area (Å²) >= 11 is 0. The summed E-state index contributed by atoms with van der Waals surface area (Å²) in [5.41, 5.74) is 1.11. The Labute approximate surface area is 124 Å². The van der Waals surface area contributed by atoms with Crippen LogP contribution in [-0.4, -0.2) is 60.1 Å². The second-order valence-corrected chi connectivity index (χ2v) is 5.59. The Morgan fingerprint density at radius 1 is 1.14 bits per heavy atom. The molecule has 0 saturated carbocycles. The summed E-state index contributed by atoms with van der Waals surface area (Å²) in [7, 11) is 4.08. The van der Waals surface area contributed by atoms with Crippen molar-refractivity contribution in [1.29, 1.82) is 0 Å². The zero-order valence-electron chi connectivity index (χ0n) is 12.6. The number of fused-ring (bicyclic) bond motifs is 1. The maximum atomic E-state index is 12.2. The van der Waals surface area contributed by atoms with Gasteiger partial charge in [0.2, 0.25) is 0 Å². The molecule has 3 rings (SSSR count). The molecule has 5 nitrogen and oxygen atoms in total. The zero-order chi connectivity index (χ0) is 14.8. The van der Waals surface area contributed by atoms with Gasteiger partial charge < -0.3 is 19.1 Å². The third-order valence-electron chi connectivity index (χ3n) is 4.10. The largest absolute Gasteiger partial charge is 0.483 e. The van der Waals surface area contributed by atoms with Gasteiger partial charge >= 0.3 is 0 Å². The molecule has 0 atom stereocenters. The number of hydrogen-bond donors (Lipinski definition) is 0. The third-order valence-corrected chi connectivity index (χ3v) is 4.10. The molecule has 1 amide bonds. The maximum Gasteiger partial charge on any atom is 0.260 e. The summed E-state index contributed by atoms with van der Waals surface area (Å²) in [6.07, 6.45) is 2.00. The van der Waals surface area contributed by atoms with Crippen LogP contribution in [0.4, 0.5) is 0 Å². The fourth-order valence-corrected chi connectivity index (χ4v) is 2.69. The Balaban J connectivity index is 1.65. The number of benzene rings is 1. The number of aryl methyl sites for hydroxylation is 1. The molecule has 0 aliphatic carbocycles. The molecule has 1 aliphatic rings. The number of rotatable bonds is 3. The first-order valence-electron chi connectivity index (χ1n) is 7.28. The van der Waals surface area contributed by atoms with Crippen molar-refractivity contribution >= 4 is 16.8 Å². The number of carbonyl (C=O) groups is 1. The predicted molar refractivity (Wildman–Crippen MR) is 82.5 cm³/mol. The molecule has 0 bridgehead atoms. The van der Waals surface area contributed by atoms with E-state index in [2.05, 4.69) is 11.9 Å². The van der Waals surface area contributed by atoms with Crippen molar-refractivity contribution < 1.29 is 9.53 Å². The highest BCUT2D eigenvalue weighted by Crippen LogP contribution is 2.25. The predicted octanol–water partition coefficient (Wildman–Crippen LogP) is 1.33. The van der Waals surface area contributed by atoms with Crippen LogP contribution in [0.25, 0.3) is 10.9 Å². The topological polar surface area (TPSA) is 37.7 Å². The summed E-state index contributed by atoms with van der Waals surface area (Å²) in [5, 5.41) is 1.05. The number of carbonyl (C=O) groups excluding carboxylic acids is 1. The normalized spacial score (nSPS) is 16.4. The van der Waals surface area contributed by atoms with Crippen LogP contribution in [0, 0.1) is 0 Å². The van der Waals surface area contributed by atoms with Crippen molar-refractivity contribution in [3.63, 3.8) is 0 Å². The van der Waals surface area contributed by atoms with Crippen molar-refractivity contribution in [2.45, 2.75) is 0 Å². The van der Waals surface area contributed by atoms with Gasteiger partial charge in [0.05, 0.1) is 5.52 Å². The number of likely N-dealkylation sites (N-methyl/N-ethyl adjacent to an activating group) is 1. The molecular weight excluding hydrogens is 266 g/mol. The number of ether oxygens (including phenoxy) is 1. The maximum absolute atomic E-state index is 12.2. The number of hydrogen-bond acceptors (Lipinski definition) is 3. The Morgan fingerprint density at radius 3 is 2.67 bits per heavy atom. The van der Waals surface area contributed by atoms with Crippen LogP contribution in [0.5, 0.6) is 5.75 Å². The van der Waals surface area contributed by atoms with Crippen LogP contribution in [0.15, 0.2) is 30.5 Å². The van der Waals surface area contributed by atoms with E-state index < -0.39 is 0 Å². The van der Waals surface area contributed by atoms with Gasteiger partial charge in [-0.2, -0.15) is 0 Å². The van der Waals surface area contributed by atoms with E-state index in [1.54, 1.807) is 0 Å². The van der Waals surface area contributed by atoms with E-state index in [4.69, 9.17) is 4.74 Å². The minimum atomic E-state index is 0.0658. The molecule has 21 heavy (non-hydrogen) atoms. The Hall–Kier alpha value is -2.01. The van der Waals surface area contributed by atoms with Crippen LogP contribution in [0.3, 0.4) is 0 Å². The molecule has 0 spiro atoms. The van der Waals surface area contributed by atoms with E-state index >= 15 is 0 Å². The lowest BCUT2D eigenvalue weighted by Crippen LogP contribution is -2.48. The Bertz CT molecular complexity index is 642. The molecule has 1 aromatic heterocycles. The van der Waals surface area contributed by atoms with Crippen LogP contribution < -0.4 is 4.74 Å². The molecule has 1 saturated heterocycles. The standard InChI is InChI=1S/C16H21N3O2/c1-17-8-10-19(11-9-17)16(20)12-21-15-5-3-4-14-13(15)6-7-18(14)2/h3-7H,8-12H2,1-2H3. The van der Waals surface area contributed by atoms with Crippen LogP contribution in [0.1, 0.15) is 0 Å². The van der Waals surface area contributed by atoms with E-state index in [9.17, 15) is 4.79 Å². The second-order valence-electron chi connectivity index (χ2n) is 5.59. The number of amides is 1. The van der Waals surface area contributed by atoms with Crippen LogP contribution >= 0.6 is 0 Å². The van der Waals surface area contributed by atoms with E-state index in [1.165, 1.54) is 0 Å². The number of piperazine rings is 1. The van der Waals surface area contributed by atoms with Crippen LogP contribution in [-0.2, 0) is 11.8 Å². The van der Waals surface area contributed by atoms with Gasteiger partial charge in [0.1, 0.15) is 5.75 Å². The average Bonchev–Trinajstić information content (AvgIpc) is 2.88. The smallest absolute Gasteiger partial charge is 0.260 e. The molecule has 2 heterocycles. The molecular formula is C16H21N3O2. The van der Waals surface area contributed by atoms with Crippen molar-refractivity contribution in [3.8, 4) is 5.75 Å². The minimum absolute atomic E-state index is 0.0658. The van der Waals surface area contributed by atoms with Crippen molar-refractivity contribution in [1.82, 2.24) is 14.4 Å². The third kappa shape index (κ3) is 2.88. The van der Waals surface area contributed by atoms with E-state index in [-0.39, 0.29) is 12.5 Å². The van der Waals surface area contributed by atoms with Gasteiger partial charge in [-0.05, 0) is 25.2 Å². The van der Waals surface area contributed by atoms with Gasteiger partial charge in [0, 0.05) is 44.8 Å². The van der Waals surface area contributed by atoms with Gasteiger partial charge in [0.15, 0.2) is 6.61 Å². The molecule has 5 heteroatoms. The quantitative estimate of drug-likeness (QED) is 0.855. The first-order valence-corrected chi connectivity index (χ1v) is 7.28. The summed E-state index contributed by atoms with van der Waals surface area (Å²) < 4.78 is 7.80. The van der Waals surface area contributed by atoms with E-state index in [0.29, 0.717) is 0 Å². The summed E-state index contributed by atoms with van der Waals surface area (Å²) in [5.74, 6) is 0.839. The van der Waals surface area contributed by atoms with Crippen LogP contribution in [0.2, 0.25) is 0 Å². The number of nitrogens with zero attached hydrogens (tertiary/aromatic N) is 3. The lowest BCUT2D eigenvalue weighted by Gasteiger charge is -2.32. The highest BCUT2D eigenvalue weighted by Gasteiger charge is 2.19. The minimum Gasteiger partial charge on any atom is -0.483 e. The molecule has 1 aliphatic heterocycles. The molecule has 1 aromatic carbocycles. The Morgan fingerprint density at radius 2 is 1.90 bits per heavy atom. The Kier molecular flexibility index (Phi) is 3.84. The highest BCUT2D eigenvalue weighted by atomic mass is 16.5.